The maximum Gasteiger partial charge on any atom is 0.227 e. The van der Waals surface area contributed by atoms with Crippen LogP contribution in [0, 0.1) is 11.3 Å². The Morgan fingerprint density at radius 1 is 1.17 bits per heavy atom. The molecule has 0 spiro atoms. The molecule has 0 atom stereocenters. The lowest BCUT2D eigenvalue weighted by atomic mass is 9.90. The largest absolute Gasteiger partial charge is 0.342 e. The molecule has 2 amide bonds. The van der Waals surface area contributed by atoms with Crippen molar-refractivity contribution in [3.63, 3.8) is 0 Å². The van der Waals surface area contributed by atoms with E-state index in [0.717, 1.165) is 18.5 Å². The highest BCUT2D eigenvalue weighted by Gasteiger charge is 2.32. The first-order valence-electron chi connectivity index (χ1n) is 8.88. The van der Waals surface area contributed by atoms with Crippen LogP contribution in [0.2, 0.25) is 0 Å². The Kier molecular flexibility index (Phi) is 5.68. The lowest BCUT2D eigenvalue weighted by Crippen LogP contribution is -2.45. The summed E-state index contributed by atoms with van der Waals surface area (Å²) in [7, 11) is 0. The molecule has 132 valence electrons. The molecule has 0 aliphatic carbocycles. The van der Waals surface area contributed by atoms with E-state index in [1.54, 1.807) is 0 Å². The third kappa shape index (κ3) is 4.59. The van der Waals surface area contributed by atoms with Crippen LogP contribution in [0.4, 0.5) is 5.69 Å². The number of piperidine rings is 1. The van der Waals surface area contributed by atoms with Crippen LogP contribution in [0.5, 0.6) is 0 Å². The fraction of sp³-hybridized carbons (Fsp3) is 0.600. The lowest BCUT2D eigenvalue weighted by molar-refractivity contribution is -0.142. The summed E-state index contributed by atoms with van der Waals surface area (Å²) >= 11 is 0. The van der Waals surface area contributed by atoms with E-state index in [-0.39, 0.29) is 23.1 Å². The second-order valence-electron chi connectivity index (χ2n) is 8.09. The van der Waals surface area contributed by atoms with Gasteiger partial charge in [-0.15, -0.1) is 0 Å². The minimum absolute atomic E-state index is 0.0169. The monoisotopic (exact) mass is 330 g/mol. The minimum Gasteiger partial charge on any atom is -0.342 e. The molecule has 4 nitrogen and oxygen atoms in total. The summed E-state index contributed by atoms with van der Waals surface area (Å²) < 4.78 is 0. The van der Waals surface area contributed by atoms with Crippen molar-refractivity contribution >= 4 is 17.5 Å². The SMILES string of the molecule is CC(C)c1cccc(NC(=O)C2CCN(C(=O)C(C)(C)C)CC2)c1. The number of carbonyl (C=O) groups is 2. The summed E-state index contributed by atoms with van der Waals surface area (Å²) in [5.74, 6) is 0.662. The van der Waals surface area contributed by atoms with Crippen LogP contribution >= 0.6 is 0 Å². The second kappa shape index (κ2) is 7.37. The molecule has 0 saturated carbocycles. The average molecular weight is 330 g/mol. The van der Waals surface area contributed by atoms with Crippen LogP contribution in [0.15, 0.2) is 24.3 Å². The zero-order valence-corrected chi connectivity index (χ0v) is 15.6. The van der Waals surface area contributed by atoms with E-state index in [0.29, 0.717) is 19.0 Å². The molecular formula is C20H30N2O2. The summed E-state index contributed by atoms with van der Waals surface area (Å²) in [4.78, 5) is 26.7. The lowest BCUT2D eigenvalue weighted by Gasteiger charge is -2.35. The number of carbonyl (C=O) groups excluding carboxylic acids is 2. The van der Waals surface area contributed by atoms with Gasteiger partial charge in [0.15, 0.2) is 0 Å². The molecule has 0 radical (unpaired) electrons. The highest BCUT2D eigenvalue weighted by Crippen LogP contribution is 2.25. The number of anilines is 1. The first kappa shape index (κ1) is 18.5. The van der Waals surface area contributed by atoms with Gasteiger partial charge in [-0.05, 0) is 36.5 Å². The first-order valence-corrected chi connectivity index (χ1v) is 8.88. The van der Waals surface area contributed by atoms with Crippen molar-refractivity contribution in [2.75, 3.05) is 18.4 Å². The van der Waals surface area contributed by atoms with Gasteiger partial charge in [-0.3, -0.25) is 9.59 Å². The number of hydrogen-bond acceptors (Lipinski definition) is 2. The van der Waals surface area contributed by atoms with Crippen molar-refractivity contribution in [2.24, 2.45) is 11.3 Å². The van der Waals surface area contributed by atoms with Crippen LogP contribution < -0.4 is 5.32 Å². The van der Waals surface area contributed by atoms with E-state index in [1.807, 2.05) is 43.9 Å². The molecule has 0 unspecified atom stereocenters. The molecule has 1 heterocycles. The third-order valence-electron chi connectivity index (χ3n) is 4.62. The van der Waals surface area contributed by atoms with Gasteiger partial charge in [0, 0.05) is 30.1 Å². The Labute approximate surface area is 145 Å². The predicted octanol–water partition coefficient (Wildman–Crippen LogP) is 4.03. The second-order valence-corrected chi connectivity index (χ2v) is 8.09. The maximum absolute atomic E-state index is 12.5. The zero-order valence-electron chi connectivity index (χ0n) is 15.6. The Morgan fingerprint density at radius 2 is 1.79 bits per heavy atom. The molecule has 1 aliphatic heterocycles. The average Bonchev–Trinajstić information content (AvgIpc) is 2.53. The maximum atomic E-state index is 12.5. The van der Waals surface area contributed by atoms with Crippen LogP contribution in [-0.4, -0.2) is 29.8 Å². The smallest absolute Gasteiger partial charge is 0.227 e. The van der Waals surface area contributed by atoms with Crippen molar-refractivity contribution in [3.8, 4) is 0 Å². The van der Waals surface area contributed by atoms with E-state index in [1.165, 1.54) is 5.56 Å². The standard InChI is InChI=1S/C20H30N2O2/c1-14(2)16-7-6-8-17(13-16)21-18(23)15-9-11-22(12-10-15)19(24)20(3,4)5/h6-8,13-15H,9-12H2,1-5H3,(H,21,23). The van der Waals surface area contributed by atoms with Crippen LogP contribution in [0.3, 0.4) is 0 Å². The molecule has 1 aromatic carbocycles. The molecule has 1 N–H and O–H groups in total. The number of hydrogen-bond donors (Lipinski definition) is 1. The molecule has 1 aliphatic rings. The molecule has 2 rings (SSSR count). The molecule has 0 bridgehead atoms. The Morgan fingerprint density at radius 3 is 2.33 bits per heavy atom. The van der Waals surface area contributed by atoms with E-state index in [2.05, 4.69) is 25.2 Å². The normalized spacial score (nSPS) is 16.3. The van der Waals surface area contributed by atoms with Gasteiger partial charge in [0.25, 0.3) is 0 Å². The molecule has 4 heteroatoms. The van der Waals surface area contributed by atoms with Crippen molar-refractivity contribution in [1.82, 2.24) is 4.90 Å². The van der Waals surface area contributed by atoms with Gasteiger partial charge in [0.05, 0.1) is 0 Å². The molecule has 1 saturated heterocycles. The highest BCUT2D eigenvalue weighted by molar-refractivity contribution is 5.93. The van der Waals surface area contributed by atoms with Gasteiger partial charge < -0.3 is 10.2 Å². The van der Waals surface area contributed by atoms with Gasteiger partial charge in [0.2, 0.25) is 11.8 Å². The number of nitrogens with zero attached hydrogens (tertiary/aromatic N) is 1. The summed E-state index contributed by atoms with van der Waals surface area (Å²) in [6, 6.07) is 8.04. The van der Waals surface area contributed by atoms with Crippen molar-refractivity contribution in [3.05, 3.63) is 29.8 Å². The third-order valence-corrected chi connectivity index (χ3v) is 4.62. The number of rotatable bonds is 3. The summed E-state index contributed by atoms with van der Waals surface area (Å²) in [6.07, 6.45) is 1.47. The van der Waals surface area contributed by atoms with E-state index >= 15 is 0 Å². The Hall–Kier alpha value is -1.84. The van der Waals surface area contributed by atoms with Crippen molar-refractivity contribution in [1.29, 1.82) is 0 Å². The summed E-state index contributed by atoms with van der Waals surface area (Å²) in [5.41, 5.74) is 1.73. The van der Waals surface area contributed by atoms with E-state index in [4.69, 9.17) is 0 Å². The van der Waals surface area contributed by atoms with Gasteiger partial charge in [-0.1, -0.05) is 46.8 Å². The molecule has 1 fully saturated rings. The number of likely N-dealkylation sites (tertiary alicyclic amines) is 1. The van der Waals surface area contributed by atoms with Crippen LogP contribution in [0.1, 0.15) is 58.9 Å². The van der Waals surface area contributed by atoms with Gasteiger partial charge in [-0.2, -0.15) is 0 Å². The van der Waals surface area contributed by atoms with E-state index in [9.17, 15) is 9.59 Å². The Bertz CT molecular complexity index is 594. The van der Waals surface area contributed by atoms with Gasteiger partial charge in [-0.25, -0.2) is 0 Å². The summed E-state index contributed by atoms with van der Waals surface area (Å²) in [6.45, 7) is 11.4. The molecule has 0 aromatic heterocycles. The highest BCUT2D eigenvalue weighted by atomic mass is 16.2. The first-order chi connectivity index (χ1) is 11.2. The quantitative estimate of drug-likeness (QED) is 0.909. The molecule has 24 heavy (non-hydrogen) atoms. The van der Waals surface area contributed by atoms with Crippen molar-refractivity contribution in [2.45, 2.75) is 53.4 Å². The van der Waals surface area contributed by atoms with Gasteiger partial charge >= 0.3 is 0 Å². The van der Waals surface area contributed by atoms with Crippen LogP contribution in [0.25, 0.3) is 0 Å². The van der Waals surface area contributed by atoms with E-state index < -0.39 is 0 Å². The molecule has 1 aromatic rings. The van der Waals surface area contributed by atoms with Gasteiger partial charge in [0.1, 0.15) is 0 Å². The van der Waals surface area contributed by atoms with Crippen molar-refractivity contribution < 1.29 is 9.59 Å². The number of amides is 2. The fourth-order valence-corrected chi connectivity index (χ4v) is 3.04. The zero-order chi connectivity index (χ0) is 17.9. The molecular weight excluding hydrogens is 300 g/mol. The number of benzene rings is 1. The fourth-order valence-electron chi connectivity index (χ4n) is 3.04. The summed E-state index contributed by atoms with van der Waals surface area (Å²) in [5, 5.41) is 3.04. The Balaban J connectivity index is 1.91. The minimum atomic E-state index is -0.355. The number of nitrogens with one attached hydrogen (secondary N) is 1. The van der Waals surface area contributed by atoms with Crippen LogP contribution in [-0.2, 0) is 9.59 Å². The topological polar surface area (TPSA) is 49.4 Å². The predicted molar refractivity (Wildman–Crippen MR) is 97.9 cm³/mol.